The molecule has 0 aromatic rings. The predicted molar refractivity (Wildman–Crippen MR) is 81.4 cm³/mol. The van der Waals surface area contributed by atoms with Crippen LogP contribution in [0.3, 0.4) is 0 Å². The largest absolute Gasteiger partial charge is 0.377 e. The van der Waals surface area contributed by atoms with Gasteiger partial charge in [0, 0.05) is 12.6 Å². The summed E-state index contributed by atoms with van der Waals surface area (Å²) in [6, 6.07) is 0.711. The second-order valence-electron chi connectivity index (χ2n) is 7.58. The summed E-state index contributed by atoms with van der Waals surface area (Å²) >= 11 is 0. The maximum atomic E-state index is 5.99. The number of hydrogen-bond acceptors (Lipinski definition) is 2. The Morgan fingerprint density at radius 3 is 2.53 bits per heavy atom. The molecule has 112 valence electrons. The quantitative estimate of drug-likeness (QED) is 0.756. The van der Waals surface area contributed by atoms with Gasteiger partial charge in [-0.3, -0.25) is 0 Å². The van der Waals surface area contributed by atoms with E-state index >= 15 is 0 Å². The maximum Gasteiger partial charge on any atom is 0.0594 e. The predicted octanol–water partition coefficient (Wildman–Crippen LogP) is 4.14. The molecule has 2 saturated carbocycles. The Hall–Kier alpha value is -0.0800. The van der Waals surface area contributed by atoms with Crippen LogP contribution in [-0.2, 0) is 4.74 Å². The lowest BCUT2D eigenvalue weighted by Crippen LogP contribution is -2.43. The van der Waals surface area contributed by atoms with E-state index in [0.717, 1.165) is 19.1 Å². The van der Waals surface area contributed by atoms with E-state index in [1.54, 1.807) is 0 Å². The highest BCUT2D eigenvalue weighted by molar-refractivity contribution is 4.86. The maximum absolute atomic E-state index is 5.99. The minimum atomic E-state index is 0.552. The average Bonchev–Trinajstić information content (AvgIpc) is 2.37. The van der Waals surface area contributed by atoms with E-state index in [1.807, 2.05) is 0 Å². The zero-order valence-corrected chi connectivity index (χ0v) is 13.2. The molecule has 0 saturated heterocycles. The van der Waals surface area contributed by atoms with Crippen molar-refractivity contribution in [1.82, 2.24) is 5.32 Å². The monoisotopic (exact) mass is 267 g/mol. The summed E-state index contributed by atoms with van der Waals surface area (Å²) in [5, 5.41) is 3.72. The molecule has 0 aromatic heterocycles. The molecule has 0 spiro atoms. The van der Waals surface area contributed by atoms with Crippen molar-refractivity contribution in [2.45, 2.75) is 84.3 Å². The van der Waals surface area contributed by atoms with Crippen LogP contribution < -0.4 is 5.32 Å². The van der Waals surface area contributed by atoms with Crippen LogP contribution in [0, 0.1) is 11.3 Å². The fourth-order valence-corrected chi connectivity index (χ4v) is 3.95. The van der Waals surface area contributed by atoms with Crippen LogP contribution in [0.25, 0.3) is 0 Å². The normalized spacial score (nSPS) is 32.4. The molecule has 2 fully saturated rings. The summed E-state index contributed by atoms with van der Waals surface area (Å²) in [5.41, 5.74) is 0.552. The molecule has 2 heteroatoms. The van der Waals surface area contributed by atoms with Gasteiger partial charge in [0.1, 0.15) is 0 Å². The second-order valence-corrected chi connectivity index (χ2v) is 7.58. The number of hydrogen-bond donors (Lipinski definition) is 1. The van der Waals surface area contributed by atoms with Crippen LogP contribution in [0.5, 0.6) is 0 Å². The van der Waals surface area contributed by atoms with Gasteiger partial charge in [-0.2, -0.15) is 0 Å². The van der Waals surface area contributed by atoms with Crippen molar-refractivity contribution in [3.8, 4) is 0 Å². The van der Waals surface area contributed by atoms with Gasteiger partial charge in [0.25, 0.3) is 0 Å². The van der Waals surface area contributed by atoms with Crippen molar-refractivity contribution >= 4 is 0 Å². The lowest BCUT2D eigenvalue weighted by molar-refractivity contribution is 0.0269. The van der Waals surface area contributed by atoms with Gasteiger partial charge in [-0.1, -0.05) is 40.0 Å². The van der Waals surface area contributed by atoms with Gasteiger partial charge < -0.3 is 10.1 Å². The van der Waals surface area contributed by atoms with Crippen LogP contribution in [0.2, 0.25) is 0 Å². The van der Waals surface area contributed by atoms with Crippen LogP contribution in [-0.4, -0.2) is 25.3 Å². The van der Waals surface area contributed by atoms with E-state index in [1.165, 1.54) is 51.4 Å². The lowest BCUT2D eigenvalue weighted by Gasteiger charge is -2.39. The summed E-state index contributed by atoms with van der Waals surface area (Å²) in [7, 11) is 0. The third-order valence-corrected chi connectivity index (χ3v) is 5.11. The van der Waals surface area contributed by atoms with Gasteiger partial charge in [-0.15, -0.1) is 0 Å². The molecular formula is C17H33NO. The Bertz CT molecular complexity index is 258. The van der Waals surface area contributed by atoms with Crippen molar-refractivity contribution in [3.05, 3.63) is 0 Å². The Morgan fingerprint density at radius 2 is 1.84 bits per heavy atom. The van der Waals surface area contributed by atoms with Gasteiger partial charge in [0.2, 0.25) is 0 Å². The van der Waals surface area contributed by atoms with Crippen molar-refractivity contribution in [3.63, 3.8) is 0 Å². The first-order chi connectivity index (χ1) is 9.07. The molecule has 0 aliphatic heterocycles. The summed E-state index contributed by atoms with van der Waals surface area (Å²) in [6.45, 7) is 9.15. The number of rotatable bonds is 5. The lowest BCUT2D eigenvalue weighted by atomic mass is 9.70. The SMILES string of the molecule is CC1CC(C)(C)CCC1NCCOC1CCCCC1. The first kappa shape index (κ1) is 15.3. The van der Waals surface area contributed by atoms with Crippen LogP contribution in [0.4, 0.5) is 0 Å². The zero-order valence-electron chi connectivity index (χ0n) is 13.2. The van der Waals surface area contributed by atoms with Crippen molar-refractivity contribution in [1.29, 1.82) is 0 Å². The Kier molecular flexibility index (Phi) is 5.70. The highest BCUT2D eigenvalue weighted by Gasteiger charge is 2.31. The molecule has 2 aliphatic rings. The van der Waals surface area contributed by atoms with E-state index in [9.17, 15) is 0 Å². The van der Waals surface area contributed by atoms with E-state index in [4.69, 9.17) is 4.74 Å². The molecule has 1 N–H and O–H groups in total. The molecule has 0 bridgehead atoms. The summed E-state index contributed by atoms with van der Waals surface area (Å²) in [4.78, 5) is 0. The van der Waals surface area contributed by atoms with Crippen molar-refractivity contribution < 1.29 is 4.74 Å². The van der Waals surface area contributed by atoms with Crippen LogP contribution >= 0.6 is 0 Å². The Balaban J connectivity index is 1.58. The number of ether oxygens (including phenoxy) is 1. The van der Waals surface area contributed by atoms with E-state index in [-0.39, 0.29) is 0 Å². The molecular weight excluding hydrogens is 234 g/mol. The smallest absolute Gasteiger partial charge is 0.0594 e. The molecule has 2 nitrogen and oxygen atoms in total. The first-order valence-electron chi connectivity index (χ1n) is 8.42. The van der Waals surface area contributed by atoms with E-state index in [2.05, 4.69) is 26.1 Å². The summed E-state index contributed by atoms with van der Waals surface area (Å²) in [5.74, 6) is 0.804. The summed E-state index contributed by atoms with van der Waals surface area (Å²) < 4.78 is 5.99. The molecule has 0 aromatic carbocycles. The van der Waals surface area contributed by atoms with Gasteiger partial charge in [-0.25, -0.2) is 0 Å². The topological polar surface area (TPSA) is 21.3 Å². The van der Waals surface area contributed by atoms with Gasteiger partial charge >= 0.3 is 0 Å². The highest BCUT2D eigenvalue weighted by atomic mass is 16.5. The third-order valence-electron chi connectivity index (χ3n) is 5.11. The first-order valence-corrected chi connectivity index (χ1v) is 8.42. The minimum absolute atomic E-state index is 0.552. The Labute approximate surface area is 119 Å². The van der Waals surface area contributed by atoms with E-state index in [0.29, 0.717) is 17.6 Å². The fourth-order valence-electron chi connectivity index (χ4n) is 3.95. The highest BCUT2D eigenvalue weighted by Crippen LogP contribution is 2.38. The van der Waals surface area contributed by atoms with E-state index < -0.39 is 0 Å². The molecule has 2 atom stereocenters. The third kappa shape index (κ3) is 5.07. The van der Waals surface area contributed by atoms with Gasteiger partial charge in [-0.05, 0) is 43.4 Å². The molecule has 0 radical (unpaired) electrons. The Morgan fingerprint density at radius 1 is 1.11 bits per heavy atom. The fraction of sp³-hybridized carbons (Fsp3) is 1.00. The van der Waals surface area contributed by atoms with Gasteiger partial charge in [0.15, 0.2) is 0 Å². The second kappa shape index (κ2) is 7.08. The number of nitrogens with one attached hydrogen (secondary N) is 1. The minimum Gasteiger partial charge on any atom is -0.377 e. The molecule has 2 aliphatic carbocycles. The van der Waals surface area contributed by atoms with Crippen molar-refractivity contribution in [2.75, 3.05) is 13.2 Å². The summed E-state index contributed by atoms with van der Waals surface area (Å²) in [6.07, 6.45) is 11.3. The van der Waals surface area contributed by atoms with Crippen LogP contribution in [0.1, 0.15) is 72.1 Å². The van der Waals surface area contributed by atoms with Crippen LogP contribution in [0.15, 0.2) is 0 Å². The average molecular weight is 267 g/mol. The standard InChI is InChI=1S/C17H33NO/c1-14-13-17(2,3)10-9-16(14)18-11-12-19-15-7-5-4-6-8-15/h14-16,18H,4-13H2,1-3H3. The van der Waals surface area contributed by atoms with Crippen molar-refractivity contribution in [2.24, 2.45) is 11.3 Å². The van der Waals surface area contributed by atoms with Gasteiger partial charge in [0.05, 0.1) is 12.7 Å². The molecule has 2 rings (SSSR count). The molecule has 0 heterocycles. The molecule has 19 heavy (non-hydrogen) atoms. The molecule has 0 amide bonds. The molecule has 2 unspecified atom stereocenters. The zero-order chi connectivity index (χ0) is 13.7.